The molecule has 0 aliphatic carbocycles. The number of benzene rings is 2. The van der Waals surface area contributed by atoms with Crippen molar-refractivity contribution in [3.63, 3.8) is 0 Å². The molecule has 1 aliphatic rings. The van der Waals surface area contributed by atoms with E-state index in [0.29, 0.717) is 33.6 Å². The van der Waals surface area contributed by atoms with E-state index in [0.717, 1.165) is 0 Å². The number of halogens is 1. The highest BCUT2D eigenvalue weighted by molar-refractivity contribution is 7.80. The lowest BCUT2D eigenvalue weighted by Crippen LogP contribution is -2.54. The zero-order valence-corrected chi connectivity index (χ0v) is 18.2. The van der Waals surface area contributed by atoms with Crippen LogP contribution in [0.4, 0.5) is 5.69 Å². The van der Waals surface area contributed by atoms with E-state index in [1.54, 1.807) is 38.2 Å². The van der Waals surface area contributed by atoms with Gasteiger partial charge in [-0.1, -0.05) is 29.8 Å². The number of nitrogens with zero attached hydrogens (tertiary/aromatic N) is 3. The second-order valence-electron chi connectivity index (χ2n) is 6.78. The Morgan fingerprint density at radius 2 is 1.71 bits per heavy atom. The fourth-order valence-electron chi connectivity index (χ4n) is 3.13. The highest BCUT2D eigenvalue weighted by Gasteiger charge is 2.35. The van der Waals surface area contributed by atoms with E-state index in [1.165, 1.54) is 15.7 Å². The molecule has 3 aromatic rings. The molecule has 0 atom stereocenters. The van der Waals surface area contributed by atoms with Gasteiger partial charge in [0.15, 0.2) is 5.11 Å². The molecule has 1 aromatic heterocycles. The molecule has 0 spiro atoms. The molecule has 7 nitrogen and oxygen atoms in total. The number of amides is 2. The standard InChI is InChI=1S/C22H17ClN4O3S/c1-13-17(19(23)26(2)25-13)12-18-20(28)24-22(31)27(21(18)29)14-8-10-16(11-9-14)30-15-6-4-3-5-7-15/h3-12H,1-2H3,(H,24,28,31). The third-order valence-corrected chi connectivity index (χ3v) is 5.39. The van der Waals surface area contributed by atoms with E-state index in [-0.39, 0.29) is 10.7 Å². The van der Waals surface area contributed by atoms with Crippen molar-refractivity contribution in [1.29, 1.82) is 0 Å². The SMILES string of the molecule is Cc1nn(C)c(Cl)c1C=C1C(=O)NC(=S)N(c2ccc(Oc3ccccc3)cc2)C1=O. The zero-order chi connectivity index (χ0) is 22.1. The van der Waals surface area contributed by atoms with Crippen LogP contribution in [0, 0.1) is 6.92 Å². The number of hydrogen-bond donors (Lipinski definition) is 1. The van der Waals surface area contributed by atoms with Crippen molar-refractivity contribution >= 4 is 52.5 Å². The van der Waals surface area contributed by atoms with Gasteiger partial charge in [0, 0.05) is 12.6 Å². The highest BCUT2D eigenvalue weighted by Crippen LogP contribution is 2.28. The Morgan fingerprint density at radius 1 is 1.06 bits per heavy atom. The van der Waals surface area contributed by atoms with E-state index in [9.17, 15) is 9.59 Å². The summed E-state index contributed by atoms with van der Waals surface area (Å²) in [5.74, 6) is 0.156. The number of aryl methyl sites for hydroxylation is 2. The van der Waals surface area contributed by atoms with E-state index in [4.69, 9.17) is 28.6 Å². The first-order valence-corrected chi connectivity index (χ1v) is 10.1. The summed E-state index contributed by atoms with van der Waals surface area (Å²) in [5.41, 5.74) is 1.51. The highest BCUT2D eigenvalue weighted by atomic mass is 35.5. The van der Waals surface area contributed by atoms with Crippen molar-refractivity contribution in [3.8, 4) is 11.5 Å². The Morgan fingerprint density at radius 3 is 2.32 bits per heavy atom. The van der Waals surface area contributed by atoms with Crippen molar-refractivity contribution in [2.24, 2.45) is 7.05 Å². The van der Waals surface area contributed by atoms with Crippen LogP contribution in [0.2, 0.25) is 5.15 Å². The van der Waals surface area contributed by atoms with Crippen LogP contribution in [0.5, 0.6) is 11.5 Å². The molecule has 0 unspecified atom stereocenters. The maximum Gasteiger partial charge on any atom is 0.270 e. The third kappa shape index (κ3) is 4.08. The molecule has 9 heteroatoms. The number of thiocarbonyl (C=S) groups is 1. The molecule has 2 heterocycles. The molecule has 1 saturated heterocycles. The van der Waals surface area contributed by atoms with Gasteiger partial charge in [0.25, 0.3) is 11.8 Å². The molecule has 1 aliphatic heterocycles. The van der Waals surface area contributed by atoms with E-state index >= 15 is 0 Å². The van der Waals surface area contributed by atoms with Crippen molar-refractivity contribution < 1.29 is 14.3 Å². The number of carbonyl (C=O) groups is 2. The molecule has 1 N–H and O–H groups in total. The van der Waals surface area contributed by atoms with Gasteiger partial charge in [0.1, 0.15) is 22.2 Å². The lowest BCUT2D eigenvalue weighted by Gasteiger charge is -2.29. The molecule has 0 radical (unpaired) electrons. The molecule has 0 saturated carbocycles. The van der Waals surface area contributed by atoms with Gasteiger partial charge in [-0.25, -0.2) is 0 Å². The van der Waals surface area contributed by atoms with Gasteiger partial charge in [0.05, 0.1) is 11.4 Å². The molecular weight excluding hydrogens is 436 g/mol. The fraction of sp³-hybridized carbons (Fsp3) is 0.0909. The van der Waals surface area contributed by atoms with Crippen LogP contribution in [0.25, 0.3) is 6.08 Å². The van der Waals surface area contributed by atoms with Crippen LogP contribution in [0.15, 0.2) is 60.2 Å². The van der Waals surface area contributed by atoms with Crippen molar-refractivity contribution in [2.45, 2.75) is 6.92 Å². The lowest BCUT2D eigenvalue weighted by atomic mass is 10.1. The fourth-order valence-corrected chi connectivity index (χ4v) is 3.64. The van der Waals surface area contributed by atoms with Crippen molar-refractivity contribution in [1.82, 2.24) is 15.1 Å². The number of anilines is 1. The molecule has 1 fully saturated rings. The van der Waals surface area contributed by atoms with Crippen LogP contribution >= 0.6 is 23.8 Å². The van der Waals surface area contributed by atoms with Gasteiger partial charge >= 0.3 is 0 Å². The minimum atomic E-state index is -0.588. The topological polar surface area (TPSA) is 76.5 Å². The van der Waals surface area contributed by atoms with Gasteiger partial charge in [-0.2, -0.15) is 5.10 Å². The number of hydrogen-bond acceptors (Lipinski definition) is 5. The summed E-state index contributed by atoms with van der Waals surface area (Å²) in [4.78, 5) is 26.9. The monoisotopic (exact) mass is 452 g/mol. The summed E-state index contributed by atoms with van der Waals surface area (Å²) in [6.45, 7) is 1.75. The van der Waals surface area contributed by atoms with Crippen LogP contribution in [0.3, 0.4) is 0 Å². The van der Waals surface area contributed by atoms with Crippen molar-refractivity contribution in [2.75, 3.05) is 4.90 Å². The number of aromatic nitrogens is 2. The van der Waals surface area contributed by atoms with Gasteiger partial charge < -0.3 is 4.74 Å². The summed E-state index contributed by atoms with van der Waals surface area (Å²) in [7, 11) is 1.68. The molecule has 4 rings (SSSR count). The Kier molecular flexibility index (Phi) is 5.58. The predicted octanol–water partition coefficient (Wildman–Crippen LogP) is 4.01. The van der Waals surface area contributed by atoms with Gasteiger partial charge in [-0.05, 0) is 61.6 Å². The zero-order valence-electron chi connectivity index (χ0n) is 16.6. The smallest absolute Gasteiger partial charge is 0.270 e. The lowest BCUT2D eigenvalue weighted by molar-refractivity contribution is -0.122. The Balaban J connectivity index is 1.63. The number of ether oxygens (including phenoxy) is 1. The Bertz CT molecular complexity index is 1220. The number of rotatable bonds is 4. The largest absolute Gasteiger partial charge is 0.457 e. The van der Waals surface area contributed by atoms with Gasteiger partial charge in [0.2, 0.25) is 0 Å². The van der Waals surface area contributed by atoms with Crippen LogP contribution in [0.1, 0.15) is 11.3 Å². The first-order chi connectivity index (χ1) is 14.8. The third-order valence-electron chi connectivity index (χ3n) is 4.66. The maximum absolute atomic E-state index is 13.2. The van der Waals surface area contributed by atoms with Crippen LogP contribution in [-0.4, -0.2) is 26.7 Å². The van der Waals surface area contributed by atoms with E-state index in [2.05, 4.69) is 10.4 Å². The second-order valence-corrected chi connectivity index (χ2v) is 7.53. The second kappa shape index (κ2) is 8.33. The van der Waals surface area contributed by atoms with E-state index < -0.39 is 11.8 Å². The Hall–Kier alpha value is -3.49. The predicted molar refractivity (Wildman–Crippen MR) is 122 cm³/mol. The molecular formula is C22H17ClN4O3S. The summed E-state index contributed by atoms with van der Waals surface area (Å²) < 4.78 is 7.25. The minimum Gasteiger partial charge on any atom is -0.457 e. The minimum absolute atomic E-state index is 0.00196. The average molecular weight is 453 g/mol. The first kappa shape index (κ1) is 20.8. The summed E-state index contributed by atoms with van der Waals surface area (Å²) >= 11 is 11.5. The molecule has 31 heavy (non-hydrogen) atoms. The Labute approximate surface area is 188 Å². The van der Waals surface area contributed by atoms with Crippen LogP contribution in [-0.2, 0) is 16.6 Å². The number of carbonyl (C=O) groups excluding carboxylic acids is 2. The first-order valence-electron chi connectivity index (χ1n) is 9.28. The van der Waals surface area contributed by atoms with Crippen LogP contribution < -0.4 is 15.0 Å². The summed E-state index contributed by atoms with van der Waals surface area (Å²) in [6.07, 6.45) is 1.43. The molecule has 2 amide bonds. The molecule has 2 aromatic carbocycles. The summed E-state index contributed by atoms with van der Waals surface area (Å²) in [6, 6.07) is 16.2. The quantitative estimate of drug-likeness (QED) is 0.368. The number of nitrogens with one attached hydrogen (secondary N) is 1. The molecule has 0 bridgehead atoms. The molecule has 156 valence electrons. The van der Waals surface area contributed by atoms with E-state index in [1.807, 2.05) is 30.3 Å². The number of para-hydroxylation sites is 1. The summed E-state index contributed by atoms with van der Waals surface area (Å²) in [5, 5.41) is 7.09. The van der Waals surface area contributed by atoms with Gasteiger partial charge in [-0.15, -0.1) is 0 Å². The van der Waals surface area contributed by atoms with Gasteiger partial charge in [-0.3, -0.25) is 24.5 Å². The maximum atomic E-state index is 13.2. The van der Waals surface area contributed by atoms with Crippen molar-refractivity contribution in [3.05, 3.63) is 76.6 Å². The average Bonchev–Trinajstić information content (AvgIpc) is 2.98. The normalized spacial score (nSPS) is 15.4.